The average molecular weight is 308 g/mol. The Morgan fingerprint density at radius 1 is 1.09 bits per heavy atom. The Labute approximate surface area is 132 Å². The molecule has 0 spiro atoms. The number of benzene rings is 1. The molecule has 0 radical (unpaired) electrons. The van der Waals surface area contributed by atoms with Crippen molar-refractivity contribution in [3.05, 3.63) is 47.8 Å². The van der Waals surface area contributed by atoms with Gasteiger partial charge in [-0.1, -0.05) is 17.4 Å². The van der Waals surface area contributed by atoms with Gasteiger partial charge in [0.25, 0.3) is 0 Å². The van der Waals surface area contributed by atoms with Crippen LogP contribution in [0.4, 0.5) is 5.13 Å². The summed E-state index contributed by atoms with van der Waals surface area (Å²) in [7, 11) is 1.90. The third-order valence-electron chi connectivity index (χ3n) is 3.90. The van der Waals surface area contributed by atoms with Gasteiger partial charge in [-0.25, -0.2) is 9.97 Å². The first-order valence-corrected chi connectivity index (χ1v) is 8.01. The van der Waals surface area contributed by atoms with Gasteiger partial charge in [0.05, 0.1) is 15.9 Å². The molecule has 5 heteroatoms. The van der Waals surface area contributed by atoms with E-state index in [0.717, 1.165) is 33.2 Å². The molecule has 0 saturated heterocycles. The van der Waals surface area contributed by atoms with Gasteiger partial charge in [0.2, 0.25) is 0 Å². The molecular weight excluding hydrogens is 292 g/mol. The lowest BCUT2D eigenvalue weighted by Gasteiger charge is -2.00. The van der Waals surface area contributed by atoms with Crippen LogP contribution in [-0.4, -0.2) is 21.4 Å². The van der Waals surface area contributed by atoms with Crippen LogP contribution in [0.5, 0.6) is 0 Å². The summed E-state index contributed by atoms with van der Waals surface area (Å²) in [6, 6.07) is 10.6. The molecule has 0 atom stereocenters. The zero-order valence-corrected chi connectivity index (χ0v) is 13.5. The van der Waals surface area contributed by atoms with Gasteiger partial charge in [0.1, 0.15) is 5.65 Å². The van der Waals surface area contributed by atoms with Crippen LogP contribution in [0.25, 0.3) is 27.1 Å². The molecule has 22 heavy (non-hydrogen) atoms. The van der Waals surface area contributed by atoms with Crippen LogP contribution >= 0.6 is 11.3 Å². The number of aromatic nitrogens is 3. The van der Waals surface area contributed by atoms with Gasteiger partial charge < -0.3 is 9.72 Å². The maximum Gasteiger partial charge on any atom is 0.183 e. The Kier molecular flexibility index (Phi) is 2.90. The molecule has 0 bridgehead atoms. The first-order chi connectivity index (χ1) is 10.7. The smallest absolute Gasteiger partial charge is 0.183 e. The number of thiazole rings is 1. The summed E-state index contributed by atoms with van der Waals surface area (Å²) in [5.74, 6) is 0. The fraction of sp³-hybridized carbons (Fsp3) is 0.176. The minimum Gasteiger partial charge on any atom is -0.365 e. The quantitative estimate of drug-likeness (QED) is 0.601. The fourth-order valence-corrected chi connectivity index (χ4v) is 3.58. The molecule has 1 aromatic carbocycles. The van der Waals surface area contributed by atoms with Crippen molar-refractivity contribution in [1.29, 1.82) is 0 Å². The Morgan fingerprint density at radius 3 is 2.77 bits per heavy atom. The molecule has 0 unspecified atom stereocenters. The molecule has 4 rings (SSSR count). The van der Waals surface area contributed by atoms with E-state index in [1.54, 1.807) is 11.3 Å². The number of hydrogen-bond donors (Lipinski definition) is 1. The van der Waals surface area contributed by atoms with E-state index in [1.165, 1.54) is 10.3 Å². The van der Waals surface area contributed by atoms with Gasteiger partial charge in [-0.05, 0) is 43.7 Å². The third kappa shape index (κ3) is 1.97. The Bertz CT molecular complexity index is 997. The van der Waals surface area contributed by atoms with E-state index in [9.17, 15) is 0 Å². The number of imidazole rings is 1. The summed E-state index contributed by atoms with van der Waals surface area (Å²) in [4.78, 5) is 9.33. The standard InChI is InChI=1S/C17H16N4S/c1-10-6-7-21-11(2)16(20-15(21)8-10)12-4-5-13-14(9-12)22-17(18-3)19-13/h4-9H,1-3H3,(H,18,19). The second-order valence-electron chi connectivity index (χ2n) is 5.43. The van der Waals surface area contributed by atoms with Gasteiger partial charge in [0, 0.05) is 24.5 Å². The molecule has 0 aliphatic carbocycles. The van der Waals surface area contributed by atoms with Crippen molar-refractivity contribution in [1.82, 2.24) is 14.4 Å². The Balaban J connectivity index is 1.92. The number of anilines is 1. The van der Waals surface area contributed by atoms with E-state index in [2.05, 4.69) is 65.1 Å². The van der Waals surface area contributed by atoms with Crippen molar-refractivity contribution >= 4 is 32.3 Å². The highest BCUT2D eigenvalue weighted by molar-refractivity contribution is 7.22. The fourth-order valence-electron chi connectivity index (χ4n) is 2.72. The van der Waals surface area contributed by atoms with Crippen molar-refractivity contribution in [2.75, 3.05) is 12.4 Å². The highest BCUT2D eigenvalue weighted by Crippen LogP contribution is 2.31. The van der Waals surface area contributed by atoms with Crippen molar-refractivity contribution in [2.24, 2.45) is 0 Å². The number of rotatable bonds is 2. The highest BCUT2D eigenvalue weighted by Gasteiger charge is 2.12. The lowest BCUT2D eigenvalue weighted by atomic mass is 10.1. The van der Waals surface area contributed by atoms with Gasteiger partial charge in [0.15, 0.2) is 5.13 Å². The van der Waals surface area contributed by atoms with E-state index >= 15 is 0 Å². The number of hydrogen-bond acceptors (Lipinski definition) is 4. The first kappa shape index (κ1) is 13.3. The summed E-state index contributed by atoms with van der Waals surface area (Å²) in [6.07, 6.45) is 2.08. The van der Waals surface area contributed by atoms with Crippen LogP contribution in [0.1, 0.15) is 11.3 Å². The number of fused-ring (bicyclic) bond motifs is 2. The van der Waals surface area contributed by atoms with Crippen LogP contribution in [0, 0.1) is 13.8 Å². The summed E-state index contributed by atoms with van der Waals surface area (Å²) in [6.45, 7) is 4.20. The summed E-state index contributed by atoms with van der Waals surface area (Å²) in [5, 5.41) is 4.04. The zero-order chi connectivity index (χ0) is 15.3. The lowest BCUT2D eigenvalue weighted by molar-refractivity contribution is 1.10. The predicted octanol–water partition coefficient (Wildman–Crippen LogP) is 4.27. The van der Waals surface area contributed by atoms with Crippen LogP contribution in [-0.2, 0) is 0 Å². The summed E-state index contributed by atoms with van der Waals surface area (Å²) < 4.78 is 3.31. The van der Waals surface area contributed by atoms with E-state index in [0.29, 0.717) is 0 Å². The van der Waals surface area contributed by atoms with Crippen LogP contribution < -0.4 is 5.32 Å². The molecule has 4 nitrogen and oxygen atoms in total. The number of pyridine rings is 1. The topological polar surface area (TPSA) is 42.2 Å². The Hall–Kier alpha value is -2.40. The SMILES string of the molecule is CNc1nc2ccc(-c3nc4cc(C)ccn4c3C)cc2s1. The largest absolute Gasteiger partial charge is 0.365 e. The minimum atomic E-state index is 0.939. The molecule has 0 saturated carbocycles. The number of aryl methyl sites for hydroxylation is 2. The van der Waals surface area contributed by atoms with Gasteiger partial charge >= 0.3 is 0 Å². The monoisotopic (exact) mass is 308 g/mol. The van der Waals surface area contributed by atoms with Gasteiger partial charge in [-0.3, -0.25) is 0 Å². The van der Waals surface area contributed by atoms with Crippen LogP contribution in [0.2, 0.25) is 0 Å². The highest BCUT2D eigenvalue weighted by atomic mass is 32.1. The van der Waals surface area contributed by atoms with Crippen LogP contribution in [0.3, 0.4) is 0 Å². The van der Waals surface area contributed by atoms with Crippen molar-refractivity contribution in [2.45, 2.75) is 13.8 Å². The second-order valence-corrected chi connectivity index (χ2v) is 6.46. The summed E-state index contributed by atoms with van der Waals surface area (Å²) >= 11 is 1.66. The molecule has 3 aromatic heterocycles. The van der Waals surface area contributed by atoms with Crippen molar-refractivity contribution in [3.8, 4) is 11.3 Å². The third-order valence-corrected chi connectivity index (χ3v) is 4.93. The molecule has 1 N–H and O–H groups in total. The predicted molar refractivity (Wildman–Crippen MR) is 92.8 cm³/mol. The van der Waals surface area contributed by atoms with Gasteiger partial charge in [-0.2, -0.15) is 0 Å². The zero-order valence-electron chi connectivity index (χ0n) is 12.7. The maximum absolute atomic E-state index is 4.81. The minimum absolute atomic E-state index is 0.939. The molecule has 0 amide bonds. The van der Waals surface area contributed by atoms with E-state index in [-0.39, 0.29) is 0 Å². The Morgan fingerprint density at radius 2 is 1.95 bits per heavy atom. The average Bonchev–Trinajstić information content (AvgIpc) is 3.07. The van der Waals surface area contributed by atoms with E-state index in [4.69, 9.17) is 4.98 Å². The van der Waals surface area contributed by atoms with E-state index in [1.807, 2.05) is 7.05 Å². The number of nitrogens with zero attached hydrogens (tertiary/aromatic N) is 3. The second kappa shape index (κ2) is 4.81. The first-order valence-electron chi connectivity index (χ1n) is 7.20. The molecule has 0 aliphatic rings. The molecule has 3 heterocycles. The normalized spacial score (nSPS) is 11.4. The van der Waals surface area contributed by atoms with Crippen molar-refractivity contribution in [3.63, 3.8) is 0 Å². The molecule has 0 fully saturated rings. The molecular formula is C17H16N4S. The molecule has 110 valence electrons. The van der Waals surface area contributed by atoms with Crippen LogP contribution in [0.15, 0.2) is 36.5 Å². The maximum atomic E-state index is 4.81. The molecule has 4 aromatic rings. The van der Waals surface area contributed by atoms with Gasteiger partial charge in [-0.15, -0.1) is 0 Å². The summed E-state index contributed by atoms with van der Waals surface area (Å²) in [5.41, 5.74) is 6.57. The number of nitrogens with one attached hydrogen (secondary N) is 1. The lowest BCUT2D eigenvalue weighted by Crippen LogP contribution is -1.87. The van der Waals surface area contributed by atoms with Crippen molar-refractivity contribution < 1.29 is 0 Å². The molecule has 0 aliphatic heterocycles. The van der Waals surface area contributed by atoms with E-state index < -0.39 is 0 Å².